The largest absolute Gasteiger partial charge is 0.480 e. The maximum atomic E-state index is 12.8. The van der Waals surface area contributed by atoms with Gasteiger partial charge in [0.25, 0.3) is 0 Å². The van der Waals surface area contributed by atoms with Crippen molar-refractivity contribution in [3.8, 4) is 0 Å². The number of aliphatic carboxylic acids is 1. The van der Waals surface area contributed by atoms with E-state index in [1.165, 1.54) is 19.4 Å². The lowest BCUT2D eigenvalue weighted by atomic mass is 10.1. The molecule has 1 rings (SSSR count). The first-order chi connectivity index (χ1) is 15.5. The number of carbonyl (C=O) groups is 4. The van der Waals surface area contributed by atoms with Gasteiger partial charge in [0, 0.05) is 24.9 Å². The molecule has 0 saturated heterocycles. The number of amides is 3. The quantitative estimate of drug-likeness (QED) is 0.0721. The molecule has 1 aromatic heterocycles. The second-order valence-electron chi connectivity index (χ2n) is 7.22. The molecule has 15 heteroatoms. The summed E-state index contributed by atoms with van der Waals surface area (Å²) in [6.07, 6.45) is 3.03. The Kier molecular flexibility index (Phi) is 11.3. The van der Waals surface area contributed by atoms with Crippen LogP contribution in [0.25, 0.3) is 0 Å². The molecule has 184 valence electrons. The molecule has 33 heavy (non-hydrogen) atoms. The standard InChI is InChI=1S/C18H31N9O6/c1-9(19)14(29)27-13(7-28)16(31)25-11(3-2-4-23-18(20)21)15(30)26-12(17(32)33)5-10-6-22-8-24-10/h6,8-9,11-13,28H,2-5,7,19H2,1H3,(H,22,24)(H,25,31)(H,26,30)(H,27,29)(H,32,33)(H4,20,21,23). The average molecular weight is 470 g/mol. The topological polar surface area (TPSA) is 264 Å². The van der Waals surface area contributed by atoms with Gasteiger partial charge < -0.3 is 48.3 Å². The van der Waals surface area contributed by atoms with E-state index in [0.717, 1.165) is 0 Å². The summed E-state index contributed by atoms with van der Waals surface area (Å²) >= 11 is 0. The molecule has 0 aliphatic rings. The number of H-pyrrole nitrogens is 1. The van der Waals surface area contributed by atoms with Crippen molar-refractivity contribution in [1.29, 1.82) is 0 Å². The molecule has 0 aliphatic carbocycles. The molecule has 1 heterocycles. The van der Waals surface area contributed by atoms with E-state index in [0.29, 0.717) is 5.69 Å². The number of nitrogens with one attached hydrogen (secondary N) is 4. The van der Waals surface area contributed by atoms with Gasteiger partial charge in [-0.15, -0.1) is 0 Å². The Morgan fingerprint density at radius 2 is 1.70 bits per heavy atom. The number of aromatic nitrogens is 2. The van der Waals surface area contributed by atoms with Gasteiger partial charge in [-0.3, -0.25) is 19.4 Å². The Morgan fingerprint density at radius 1 is 1.09 bits per heavy atom. The van der Waals surface area contributed by atoms with Crippen molar-refractivity contribution < 1.29 is 29.4 Å². The lowest BCUT2D eigenvalue weighted by Gasteiger charge is -2.24. The van der Waals surface area contributed by atoms with Crippen LogP contribution in [0.2, 0.25) is 0 Å². The number of nitrogens with two attached hydrogens (primary N) is 3. The van der Waals surface area contributed by atoms with Gasteiger partial charge >= 0.3 is 5.97 Å². The highest BCUT2D eigenvalue weighted by Gasteiger charge is 2.29. The number of carboxylic acid groups (broad SMARTS) is 1. The van der Waals surface area contributed by atoms with Gasteiger partial charge in [0.05, 0.1) is 19.0 Å². The number of aliphatic hydroxyl groups excluding tert-OH is 1. The number of carbonyl (C=O) groups excluding carboxylic acids is 3. The van der Waals surface area contributed by atoms with Gasteiger partial charge in [0.1, 0.15) is 18.1 Å². The summed E-state index contributed by atoms with van der Waals surface area (Å²) in [6.45, 7) is 0.806. The van der Waals surface area contributed by atoms with Crippen LogP contribution in [0, 0.1) is 0 Å². The zero-order chi connectivity index (χ0) is 25.0. The van der Waals surface area contributed by atoms with Gasteiger partial charge in [-0.2, -0.15) is 0 Å². The molecule has 0 aromatic carbocycles. The number of guanidine groups is 1. The average Bonchev–Trinajstić information content (AvgIpc) is 3.25. The van der Waals surface area contributed by atoms with Crippen molar-refractivity contribution in [2.75, 3.05) is 13.2 Å². The Balaban J connectivity index is 2.92. The number of nitrogens with zero attached hydrogens (tertiary/aromatic N) is 2. The number of aliphatic imine (C=N–C) groups is 1. The van der Waals surface area contributed by atoms with Crippen molar-refractivity contribution in [2.45, 2.75) is 50.4 Å². The van der Waals surface area contributed by atoms with Crippen LogP contribution in [0.3, 0.4) is 0 Å². The number of hydrogen-bond donors (Lipinski definition) is 9. The van der Waals surface area contributed by atoms with Gasteiger partial charge in [-0.25, -0.2) is 9.78 Å². The highest BCUT2D eigenvalue weighted by atomic mass is 16.4. The van der Waals surface area contributed by atoms with Gasteiger partial charge in [-0.05, 0) is 19.8 Å². The minimum Gasteiger partial charge on any atom is -0.480 e. The first-order valence-corrected chi connectivity index (χ1v) is 10.1. The molecule has 1 aromatic rings. The number of carboxylic acids is 1. The second kappa shape index (κ2) is 13.6. The molecule has 0 aliphatic heterocycles. The predicted octanol–water partition coefficient (Wildman–Crippen LogP) is -4.12. The highest BCUT2D eigenvalue weighted by molar-refractivity contribution is 5.94. The van der Waals surface area contributed by atoms with Crippen molar-refractivity contribution >= 4 is 29.7 Å². The molecule has 3 amide bonds. The molecular weight excluding hydrogens is 438 g/mol. The number of aromatic amines is 1. The molecule has 0 saturated carbocycles. The van der Waals surface area contributed by atoms with E-state index in [4.69, 9.17) is 17.2 Å². The molecule has 4 unspecified atom stereocenters. The van der Waals surface area contributed by atoms with E-state index in [9.17, 15) is 29.4 Å². The minimum atomic E-state index is -1.36. The summed E-state index contributed by atoms with van der Waals surface area (Å²) in [5.41, 5.74) is 16.5. The molecule has 0 radical (unpaired) electrons. The minimum absolute atomic E-state index is 0.0458. The molecule has 15 nitrogen and oxygen atoms in total. The molecular formula is C18H31N9O6. The van der Waals surface area contributed by atoms with E-state index >= 15 is 0 Å². The van der Waals surface area contributed by atoms with Crippen LogP contribution >= 0.6 is 0 Å². The van der Waals surface area contributed by atoms with E-state index in [-0.39, 0.29) is 31.8 Å². The SMILES string of the molecule is CC(N)C(=O)NC(CO)C(=O)NC(CCCN=C(N)N)C(=O)NC(Cc1cnc[nH]1)C(=O)O. The van der Waals surface area contributed by atoms with Crippen LogP contribution < -0.4 is 33.2 Å². The normalized spacial score (nSPS) is 14.3. The Morgan fingerprint density at radius 3 is 2.21 bits per heavy atom. The number of imidazole rings is 1. The zero-order valence-corrected chi connectivity index (χ0v) is 18.2. The van der Waals surface area contributed by atoms with Crippen molar-refractivity contribution in [2.24, 2.45) is 22.2 Å². The summed E-state index contributed by atoms with van der Waals surface area (Å²) in [7, 11) is 0. The van der Waals surface area contributed by atoms with E-state index in [2.05, 4.69) is 30.9 Å². The van der Waals surface area contributed by atoms with Gasteiger partial charge in [0.15, 0.2) is 5.96 Å². The Bertz CT molecular complexity index is 823. The van der Waals surface area contributed by atoms with Gasteiger partial charge in [0.2, 0.25) is 17.7 Å². The molecule has 0 bridgehead atoms. The molecule has 4 atom stereocenters. The summed E-state index contributed by atoms with van der Waals surface area (Å²) in [5, 5.41) is 26.0. The lowest BCUT2D eigenvalue weighted by molar-refractivity contribution is -0.142. The summed E-state index contributed by atoms with van der Waals surface area (Å²) < 4.78 is 0. The number of hydrogen-bond acceptors (Lipinski definition) is 8. The smallest absolute Gasteiger partial charge is 0.326 e. The number of rotatable bonds is 14. The lowest BCUT2D eigenvalue weighted by Crippen LogP contribution is -2.58. The van der Waals surface area contributed by atoms with E-state index in [1.54, 1.807) is 0 Å². The van der Waals surface area contributed by atoms with Crippen molar-refractivity contribution in [1.82, 2.24) is 25.9 Å². The monoisotopic (exact) mass is 469 g/mol. The van der Waals surface area contributed by atoms with E-state index in [1.807, 2.05) is 0 Å². The third-order valence-corrected chi connectivity index (χ3v) is 4.40. The maximum Gasteiger partial charge on any atom is 0.326 e. The summed E-state index contributed by atoms with van der Waals surface area (Å²) in [4.78, 5) is 59.1. The highest BCUT2D eigenvalue weighted by Crippen LogP contribution is 2.04. The molecule has 0 spiro atoms. The van der Waals surface area contributed by atoms with Crippen molar-refractivity contribution in [3.63, 3.8) is 0 Å². The number of aliphatic hydroxyl groups is 1. The fourth-order valence-electron chi connectivity index (χ4n) is 2.63. The van der Waals surface area contributed by atoms with E-state index < -0.39 is 54.5 Å². The Labute approximate surface area is 189 Å². The maximum absolute atomic E-state index is 12.8. The summed E-state index contributed by atoms with van der Waals surface area (Å²) in [6, 6.07) is -4.79. The first kappa shape index (κ1) is 27.3. The van der Waals surface area contributed by atoms with Gasteiger partial charge in [-0.1, -0.05) is 0 Å². The third kappa shape index (κ3) is 9.96. The Hall–Kier alpha value is -3.72. The van der Waals surface area contributed by atoms with Crippen LogP contribution in [-0.2, 0) is 25.6 Å². The van der Waals surface area contributed by atoms with Crippen LogP contribution in [0.1, 0.15) is 25.5 Å². The van der Waals surface area contributed by atoms with Crippen LogP contribution in [0.4, 0.5) is 0 Å². The van der Waals surface area contributed by atoms with Crippen LogP contribution in [0.5, 0.6) is 0 Å². The van der Waals surface area contributed by atoms with Crippen LogP contribution in [0.15, 0.2) is 17.5 Å². The molecule has 0 fully saturated rings. The van der Waals surface area contributed by atoms with Crippen molar-refractivity contribution in [3.05, 3.63) is 18.2 Å². The summed E-state index contributed by atoms with van der Waals surface area (Å²) in [5.74, 6) is -3.75. The zero-order valence-electron chi connectivity index (χ0n) is 18.2. The predicted molar refractivity (Wildman–Crippen MR) is 116 cm³/mol. The second-order valence-corrected chi connectivity index (χ2v) is 7.22. The first-order valence-electron chi connectivity index (χ1n) is 10.1. The van der Waals surface area contributed by atoms with Crippen LogP contribution in [-0.4, -0.2) is 87.2 Å². The molecule has 12 N–H and O–H groups in total. The third-order valence-electron chi connectivity index (χ3n) is 4.40. The fourth-order valence-corrected chi connectivity index (χ4v) is 2.63. The fraction of sp³-hybridized carbons (Fsp3) is 0.556.